The number of pyridine rings is 1. The van der Waals surface area contributed by atoms with Crippen LogP contribution in [0.2, 0.25) is 0 Å². The van der Waals surface area contributed by atoms with Gasteiger partial charge >= 0.3 is 0 Å². The molecule has 126 valence electrons. The van der Waals surface area contributed by atoms with Crippen LogP contribution >= 0.6 is 0 Å². The van der Waals surface area contributed by atoms with Gasteiger partial charge in [0.05, 0.1) is 18.3 Å². The Bertz CT molecular complexity index is 654. The van der Waals surface area contributed by atoms with E-state index in [0.717, 1.165) is 43.6 Å². The molecule has 0 amide bonds. The molecule has 0 radical (unpaired) electrons. The van der Waals surface area contributed by atoms with Crippen LogP contribution < -0.4 is 5.90 Å². The molecule has 6 nitrogen and oxygen atoms in total. The summed E-state index contributed by atoms with van der Waals surface area (Å²) in [5, 5.41) is 0. The van der Waals surface area contributed by atoms with Crippen molar-refractivity contribution in [3.8, 4) is 0 Å². The summed E-state index contributed by atoms with van der Waals surface area (Å²) in [6.07, 6.45) is 8.54. The van der Waals surface area contributed by atoms with Crippen molar-refractivity contribution >= 4 is 11.0 Å². The summed E-state index contributed by atoms with van der Waals surface area (Å²) < 4.78 is 7.94. The van der Waals surface area contributed by atoms with Gasteiger partial charge in [-0.2, -0.15) is 0 Å². The Morgan fingerprint density at radius 1 is 1.26 bits per heavy atom. The van der Waals surface area contributed by atoms with Crippen molar-refractivity contribution < 1.29 is 9.57 Å². The van der Waals surface area contributed by atoms with Gasteiger partial charge < -0.3 is 14.1 Å². The first-order valence-electron chi connectivity index (χ1n) is 8.60. The lowest BCUT2D eigenvalue weighted by atomic mass is 9.95. The lowest BCUT2D eigenvalue weighted by Crippen LogP contribution is -2.11. The number of aryl methyl sites for hydroxylation is 3. The maximum Gasteiger partial charge on any atom is 0.136 e. The minimum atomic E-state index is 0.549. The summed E-state index contributed by atoms with van der Waals surface area (Å²) in [5.74, 6) is 6.11. The number of imidazole rings is 1. The Balaban J connectivity index is 1.96. The Morgan fingerprint density at radius 3 is 2.96 bits per heavy atom. The number of nitrogens with zero attached hydrogens (tertiary/aromatic N) is 3. The Labute approximate surface area is 137 Å². The van der Waals surface area contributed by atoms with Crippen LogP contribution in [0.3, 0.4) is 0 Å². The fraction of sp³-hybridized carbons (Fsp3) is 0.647. The van der Waals surface area contributed by atoms with Crippen molar-refractivity contribution in [1.82, 2.24) is 14.5 Å². The van der Waals surface area contributed by atoms with Crippen LogP contribution in [-0.4, -0.2) is 27.7 Å². The average molecular weight is 318 g/mol. The van der Waals surface area contributed by atoms with Gasteiger partial charge in [0.1, 0.15) is 17.9 Å². The number of aromatic nitrogens is 3. The molecule has 0 spiro atoms. The zero-order valence-electron chi connectivity index (χ0n) is 13.9. The van der Waals surface area contributed by atoms with Gasteiger partial charge in [-0.15, -0.1) is 0 Å². The number of nitrogens with two attached hydrogens (primary N) is 1. The molecule has 2 aromatic rings. The number of fused-ring (bicyclic) bond motifs is 3. The number of unbranched alkanes of at least 4 members (excludes halogenated alkanes) is 1. The van der Waals surface area contributed by atoms with Crippen LogP contribution in [0.5, 0.6) is 0 Å². The van der Waals surface area contributed by atoms with Gasteiger partial charge in [0.15, 0.2) is 0 Å². The van der Waals surface area contributed by atoms with E-state index in [2.05, 4.69) is 14.4 Å². The van der Waals surface area contributed by atoms with Gasteiger partial charge in [0, 0.05) is 18.8 Å². The van der Waals surface area contributed by atoms with E-state index in [1.54, 1.807) is 0 Å². The molecule has 3 rings (SSSR count). The highest BCUT2D eigenvalue weighted by atomic mass is 16.6. The van der Waals surface area contributed by atoms with E-state index < -0.39 is 0 Å². The minimum Gasteiger partial charge on any atom is -0.374 e. The fourth-order valence-corrected chi connectivity index (χ4v) is 3.35. The average Bonchev–Trinajstić information content (AvgIpc) is 2.95. The molecule has 0 aliphatic heterocycles. The lowest BCUT2D eigenvalue weighted by molar-refractivity contribution is 0.124. The smallest absolute Gasteiger partial charge is 0.136 e. The predicted molar refractivity (Wildman–Crippen MR) is 88.9 cm³/mol. The van der Waals surface area contributed by atoms with E-state index in [1.165, 1.54) is 29.6 Å². The number of hydrogen-bond acceptors (Lipinski definition) is 5. The monoisotopic (exact) mass is 318 g/mol. The first kappa shape index (κ1) is 16.4. The first-order chi connectivity index (χ1) is 11.3. The molecule has 2 heterocycles. The van der Waals surface area contributed by atoms with Crippen LogP contribution in [0.15, 0.2) is 6.20 Å². The molecule has 0 atom stereocenters. The maximum absolute atomic E-state index is 5.61. The molecular formula is C17H26N4O2. The Kier molecular flexibility index (Phi) is 5.59. The summed E-state index contributed by atoms with van der Waals surface area (Å²) >= 11 is 0. The highest BCUT2D eigenvalue weighted by Crippen LogP contribution is 2.28. The molecule has 23 heavy (non-hydrogen) atoms. The normalized spacial score (nSPS) is 14.3. The van der Waals surface area contributed by atoms with Gasteiger partial charge in [0.2, 0.25) is 0 Å². The van der Waals surface area contributed by atoms with Gasteiger partial charge in [-0.1, -0.05) is 0 Å². The van der Waals surface area contributed by atoms with Crippen LogP contribution in [0, 0.1) is 0 Å². The third-order valence-corrected chi connectivity index (χ3v) is 4.47. The van der Waals surface area contributed by atoms with Crippen molar-refractivity contribution in [3.63, 3.8) is 0 Å². The Hall–Kier alpha value is -1.50. The third kappa shape index (κ3) is 3.54. The molecule has 0 fully saturated rings. The zero-order valence-corrected chi connectivity index (χ0v) is 13.9. The minimum absolute atomic E-state index is 0.549. The summed E-state index contributed by atoms with van der Waals surface area (Å²) in [4.78, 5) is 14.1. The van der Waals surface area contributed by atoms with E-state index in [9.17, 15) is 0 Å². The van der Waals surface area contributed by atoms with E-state index >= 15 is 0 Å². The molecule has 0 unspecified atom stereocenters. The molecule has 1 aliphatic rings. The number of hydrogen-bond donors (Lipinski definition) is 1. The SMILES string of the molecule is CCOCc1nc2cnc3c(c2n1CCCCON)CCCC3. The molecular weight excluding hydrogens is 292 g/mol. The molecule has 2 aromatic heterocycles. The van der Waals surface area contributed by atoms with Crippen molar-refractivity contribution in [3.05, 3.63) is 23.3 Å². The summed E-state index contributed by atoms with van der Waals surface area (Å²) in [5.41, 5.74) is 4.89. The van der Waals surface area contributed by atoms with Gasteiger partial charge in [-0.25, -0.2) is 10.9 Å². The number of ether oxygens (including phenoxy) is 1. The van der Waals surface area contributed by atoms with Crippen LogP contribution in [0.25, 0.3) is 11.0 Å². The number of rotatable bonds is 8. The quantitative estimate of drug-likeness (QED) is 0.598. The Morgan fingerprint density at radius 2 is 2.13 bits per heavy atom. The van der Waals surface area contributed by atoms with E-state index in [4.69, 9.17) is 15.6 Å². The molecule has 0 saturated heterocycles. The summed E-state index contributed by atoms with van der Waals surface area (Å²) in [6, 6.07) is 0. The summed E-state index contributed by atoms with van der Waals surface area (Å²) in [7, 11) is 0. The zero-order chi connectivity index (χ0) is 16.1. The van der Waals surface area contributed by atoms with Crippen LogP contribution in [0.4, 0.5) is 0 Å². The van der Waals surface area contributed by atoms with Crippen LogP contribution in [0.1, 0.15) is 49.7 Å². The molecule has 0 saturated carbocycles. The molecule has 1 aliphatic carbocycles. The summed E-state index contributed by atoms with van der Waals surface area (Å²) in [6.45, 7) is 4.76. The highest BCUT2D eigenvalue weighted by molar-refractivity contribution is 5.80. The molecule has 0 bridgehead atoms. The fourth-order valence-electron chi connectivity index (χ4n) is 3.35. The molecule has 0 aromatic carbocycles. The second-order valence-corrected chi connectivity index (χ2v) is 6.02. The topological polar surface area (TPSA) is 75.2 Å². The van der Waals surface area contributed by atoms with Gasteiger partial charge in [0.25, 0.3) is 0 Å². The molecule has 6 heteroatoms. The predicted octanol–water partition coefficient (Wildman–Crippen LogP) is 2.52. The first-order valence-corrected chi connectivity index (χ1v) is 8.60. The highest BCUT2D eigenvalue weighted by Gasteiger charge is 2.20. The second-order valence-electron chi connectivity index (χ2n) is 6.02. The third-order valence-electron chi connectivity index (χ3n) is 4.47. The second kappa shape index (κ2) is 7.86. The lowest BCUT2D eigenvalue weighted by Gasteiger charge is -2.17. The molecule has 2 N–H and O–H groups in total. The van der Waals surface area contributed by atoms with Gasteiger partial charge in [-0.3, -0.25) is 4.98 Å². The maximum atomic E-state index is 5.61. The van der Waals surface area contributed by atoms with Crippen molar-refractivity contribution in [2.45, 2.75) is 58.6 Å². The van der Waals surface area contributed by atoms with Crippen molar-refractivity contribution in [2.24, 2.45) is 5.90 Å². The van der Waals surface area contributed by atoms with Crippen LogP contribution in [-0.2, 0) is 35.6 Å². The largest absolute Gasteiger partial charge is 0.374 e. The van der Waals surface area contributed by atoms with Gasteiger partial charge in [-0.05, 0) is 51.0 Å². The van der Waals surface area contributed by atoms with Crippen molar-refractivity contribution in [1.29, 1.82) is 0 Å². The van der Waals surface area contributed by atoms with Crippen molar-refractivity contribution in [2.75, 3.05) is 13.2 Å². The van der Waals surface area contributed by atoms with E-state index in [1.807, 2.05) is 13.1 Å². The van der Waals surface area contributed by atoms with E-state index in [0.29, 0.717) is 19.8 Å². The van der Waals surface area contributed by atoms with E-state index in [-0.39, 0.29) is 0 Å². The standard InChI is InChI=1S/C17H26N4O2/c1-2-22-12-16-20-15-11-19-14-8-4-3-7-13(14)17(15)21(16)9-5-6-10-23-18/h11H,2-10,12,18H2,1H3.